The van der Waals surface area contributed by atoms with Crippen molar-refractivity contribution >= 4 is 16.6 Å². The Morgan fingerprint density at radius 1 is 0.742 bits per heavy atom. The van der Waals surface area contributed by atoms with Gasteiger partial charge in [-0.2, -0.15) is 0 Å². The van der Waals surface area contributed by atoms with Gasteiger partial charge >= 0.3 is 0 Å². The number of hydrogen-bond donors (Lipinski definition) is 1. The molecule has 0 aliphatic carbocycles. The Bertz CT molecular complexity index is 1080. The zero-order valence-electron chi connectivity index (χ0n) is 18.4. The van der Waals surface area contributed by atoms with E-state index >= 15 is 0 Å². The summed E-state index contributed by atoms with van der Waals surface area (Å²) >= 11 is 0. The summed E-state index contributed by atoms with van der Waals surface area (Å²) in [5.41, 5.74) is 6.50. The second-order valence-corrected chi connectivity index (χ2v) is 8.81. The third-order valence-corrected chi connectivity index (χ3v) is 6.51. The number of benzene rings is 3. The first-order chi connectivity index (χ1) is 15.2. The van der Waals surface area contributed by atoms with Gasteiger partial charge in [0.05, 0.1) is 17.9 Å². The molecule has 0 unspecified atom stereocenters. The highest BCUT2D eigenvalue weighted by Crippen LogP contribution is 2.33. The quantitative estimate of drug-likeness (QED) is 0.437. The molecule has 0 atom stereocenters. The lowest BCUT2D eigenvalue weighted by molar-refractivity contribution is 0.212. The monoisotopic (exact) mass is 408 g/mol. The molecule has 4 aromatic rings. The van der Waals surface area contributed by atoms with Gasteiger partial charge in [-0.05, 0) is 34.7 Å². The molecule has 1 aromatic heterocycles. The summed E-state index contributed by atoms with van der Waals surface area (Å²) in [6.07, 6.45) is 3.44. The first-order valence-electron chi connectivity index (χ1n) is 11.3. The van der Waals surface area contributed by atoms with Gasteiger partial charge in [0.15, 0.2) is 0 Å². The van der Waals surface area contributed by atoms with Crippen LogP contribution in [-0.4, -0.2) is 36.1 Å². The van der Waals surface area contributed by atoms with E-state index in [4.69, 9.17) is 0 Å². The third kappa shape index (κ3) is 3.98. The van der Waals surface area contributed by atoms with E-state index in [2.05, 4.69) is 114 Å². The molecule has 3 nitrogen and oxygen atoms in total. The first kappa shape index (κ1) is 19.9. The van der Waals surface area contributed by atoms with E-state index in [0.29, 0.717) is 12.0 Å². The number of H-pyrrole nitrogens is 1. The smallest absolute Gasteiger partial charge is 0.0890 e. The lowest BCUT2D eigenvalue weighted by Gasteiger charge is -2.40. The van der Waals surface area contributed by atoms with Crippen LogP contribution in [0.5, 0.6) is 0 Å². The number of aromatic nitrogens is 1. The van der Waals surface area contributed by atoms with Gasteiger partial charge in [0.2, 0.25) is 0 Å². The van der Waals surface area contributed by atoms with E-state index < -0.39 is 0 Å². The Morgan fingerprint density at radius 2 is 1.35 bits per heavy atom. The van der Waals surface area contributed by atoms with Crippen molar-refractivity contribution < 1.29 is 0 Å². The molecule has 1 radical (unpaired) electrons. The summed E-state index contributed by atoms with van der Waals surface area (Å²) in [7, 11) is 0. The van der Waals surface area contributed by atoms with Crippen molar-refractivity contribution in [3.05, 3.63) is 102 Å². The van der Waals surface area contributed by atoms with Crippen LogP contribution >= 0.6 is 0 Å². The number of piperazine rings is 1. The molecule has 1 aliphatic rings. The highest BCUT2D eigenvalue weighted by Gasteiger charge is 2.27. The molecule has 2 heterocycles. The van der Waals surface area contributed by atoms with Crippen LogP contribution in [0.4, 0.5) is 5.69 Å². The fourth-order valence-electron chi connectivity index (χ4n) is 4.76. The Morgan fingerprint density at radius 3 is 1.94 bits per heavy atom. The summed E-state index contributed by atoms with van der Waals surface area (Å²) in [4.78, 5) is 8.47. The second-order valence-electron chi connectivity index (χ2n) is 8.81. The Balaban J connectivity index is 1.39. The van der Waals surface area contributed by atoms with Crippen molar-refractivity contribution in [2.75, 3.05) is 31.1 Å². The molecule has 31 heavy (non-hydrogen) atoms. The largest absolute Gasteiger partial charge is 0.367 e. The maximum atomic E-state index is 3.44. The fraction of sp³-hybridized carbons (Fsp3) is 0.286. The number of nitrogens with zero attached hydrogens (tertiary/aromatic N) is 2. The van der Waals surface area contributed by atoms with Crippen LogP contribution in [0.2, 0.25) is 0 Å². The predicted molar refractivity (Wildman–Crippen MR) is 130 cm³/mol. The summed E-state index contributed by atoms with van der Waals surface area (Å²) in [5.74, 6) is 0.529. The number of fused-ring (bicyclic) bond motifs is 1. The third-order valence-electron chi connectivity index (χ3n) is 6.51. The average molecular weight is 409 g/mol. The van der Waals surface area contributed by atoms with Gasteiger partial charge in [-0.15, -0.1) is 0 Å². The zero-order chi connectivity index (χ0) is 21.2. The summed E-state index contributed by atoms with van der Waals surface area (Å²) in [5, 5.41) is 1.29. The number of aromatic amines is 1. The van der Waals surface area contributed by atoms with Crippen molar-refractivity contribution in [2.24, 2.45) is 0 Å². The minimum Gasteiger partial charge on any atom is -0.367 e. The van der Waals surface area contributed by atoms with Crippen LogP contribution in [0, 0.1) is 6.20 Å². The van der Waals surface area contributed by atoms with Crippen LogP contribution in [0.25, 0.3) is 10.9 Å². The molecule has 1 saturated heterocycles. The van der Waals surface area contributed by atoms with Gasteiger partial charge in [0.25, 0.3) is 0 Å². The molecule has 1 N–H and O–H groups in total. The van der Waals surface area contributed by atoms with E-state index in [-0.39, 0.29) is 0 Å². The van der Waals surface area contributed by atoms with Crippen LogP contribution < -0.4 is 4.90 Å². The average Bonchev–Trinajstić information content (AvgIpc) is 3.24. The Labute approximate surface area is 185 Å². The molecule has 1 aliphatic heterocycles. The van der Waals surface area contributed by atoms with Crippen LogP contribution in [-0.2, 0) is 0 Å². The van der Waals surface area contributed by atoms with Crippen molar-refractivity contribution in [1.82, 2.24) is 9.88 Å². The van der Waals surface area contributed by atoms with Gasteiger partial charge in [-0.3, -0.25) is 4.90 Å². The van der Waals surface area contributed by atoms with Gasteiger partial charge in [-0.25, -0.2) is 0 Å². The van der Waals surface area contributed by atoms with Crippen molar-refractivity contribution in [2.45, 2.75) is 25.8 Å². The highest BCUT2D eigenvalue weighted by molar-refractivity contribution is 5.93. The SMILES string of the molecule is CC(C)c1ccc2[nH][c]c(N3CCN(C(c4ccccc4)c4ccccc4)CC3)c2c1. The molecule has 0 bridgehead atoms. The standard InChI is InChI=1S/C28H30N3/c1-21(2)24-13-14-26-25(19-24)27(20-29-26)30-15-17-31(18-16-30)28(22-9-5-3-6-10-22)23-11-7-4-8-12-23/h3-14,19,21,28-29H,15-18H2,1-2H3. The van der Waals surface area contributed by atoms with E-state index in [0.717, 1.165) is 26.2 Å². The molecule has 0 amide bonds. The van der Waals surface area contributed by atoms with Crippen molar-refractivity contribution in [3.8, 4) is 0 Å². The molecule has 3 aromatic carbocycles. The molecule has 0 spiro atoms. The summed E-state index contributed by atoms with van der Waals surface area (Å²) in [6.45, 7) is 8.57. The molecular weight excluding hydrogens is 378 g/mol. The molecule has 157 valence electrons. The van der Waals surface area contributed by atoms with Gasteiger partial charge in [0, 0.05) is 37.1 Å². The van der Waals surface area contributed by atoms with E-state index in [1.165, 1.54) is 33.3 Å². The van der Waals surface area contributed by atoms with Crippen molar-refractivity contribution in [1.29, 1.82) is 0 Å². The predicted octanol–water partition coefficient (Wildman–Crippen LogP) is 6.00. The number of hydrogen-bond acceptors (Lipinski definition) is 2. The minimum atomic E-state index is 0.295. The molecule has 3 heteroatoms. The highest BCUT2D eigenvalue weighted by atomic mass is 15.3. The van der Waals surface area contributed by atoms with Crippen LogP contribution in [0.15, 0.2) is 78.9 Å². The van der Waals surface area contributed by atoms with E-state index in [9.17, 15) is 0 Å². The zero-order valence-corrected chi connectivity index (χ0v) is 18.4. The topological polar surface area (TPSA) is 22.3 Å². The van der Waals surface area contributed by atoms with Gasteiger partial charge in [-0.1, -0.05) is 80.6 Å². The number of nitrogens with one attached hydrogen (secondary N) is 1. The second kappa shape index (κ2) is 8.60. The Hall–Kier alpha value is -3.04. The minimum absolute atomic E-state index is 0.295. The summed E-state index contributed by atoms with van der Waals surface area (Å²) in [6, 6.07) is 28.9. The van der Waals surface area contributed by atoms with E-state index in [1.54, 1.807) is 0 Å². The lowest BCUT2D eigenvalue weighted by atomic mass is 9.96. The normalized spacial score (nSPS) is 15.3. The molecule has 5 rings (SSSR count). The van der Waals surface area contributed by atoms with Crippen LogP contribution in [0.3, 0.4) is 0 Å². The van der Waals surface area contributed by atoms with Gasteiger partial charge in [0.1, 0.15) is 0 Å². The van der Waals surface area contributed by atoms with Gasteiger partial charge < -0.3 is 9.88 Å². The molecule has 1 fully saturated rings. The first-order valence-corrected chi connectivity index (χ1v) is 11.3. The summed E-state index contributed by atoms with van der Waals surface area (Å²) < 4.78 is 0. The fourth-order valence-corrected chi connectivity index (χ4v) is 4.76. The lowest BCUT2D eigenvalue weighted by Crippen LogP contribution is -2.48. The molecule has 0 saturated carbocycles. The Kier molecular flexibility index (Phi) is 5.52. The van der Waals surface area contributed by atoms with Crippen molar-refractivity contribution in [3.63, 3.8) is 0 Å². The van der Waals surface area contributed by atoms with E-state index in [1.807, 2.05) is 0 Å². The maximum Gasteiger partial charge on any atom is 0.0890 e. The molecular formula is C28H30N3. The maximum absolute atomic E-state index is 3.44. The van der Waals surface area contributed by atoms with Crippen LogP contribution in [0.1, 0.15) is 42.5 Å². The number of rotatable bonds is 5. The number of anilines is 1.